The first kappa shape index (κ1) is 47.1. The number of para-hydroxylation sites is 1. The van der Waals surface area contributed by atoms with Crippen molar-refractivity contribution in [1.29, 1.82) is 0 Å². The Balaban J connectivity index is 0.000000182. The van der Waals surface area contributed by atoms with E-state index in [4.69, 9.17) is 18.5 Å². The summed E-state index contributed by atoms with van der Waals surface area (Å²) < 4.78 is 25.1. The van der Waals surface area contributed by atoms with Crippen molar-refractivity contribution < 1.29 is 28.1 Å². The number of unbranched alkanes of at least 4 members (excludes halogenated alkanes) is 4. The van der Waals surface area contributed by atoms with Crippen molar-refractivity contribution in [2.24, 2.45) is 0 Å². The van der Waals surface area contributed by atoms with Gasteiger partial charge in [-0.15, -0.1) is 21.5 Å². The van der Waals surface area contributed by atoms with Gasteiger partial charge in [-0.1, -0.05) is 97.6 Å². The monoisotopic (exact) mass is 965 g/mol. The molecule has 0 aliphatic rings. The standard InChI is InChI=1S/C28H24N2O3S2.C24H23N3O3S2/c1-2-3-6-17-32-22-15-13-20(14-16-22)25-18-24(30-33-25)19-9-11-21(12-10-19)27(31)35-28-29-23-7-4-5-8-26(23)34-28;1-3-4-5-14-29-20-12-10-18(11-13-20)22-15-21(27-30-22)17-6-8-19(9-7-17)23(28)32-24-26-25-16(2)31-24/h4-5,7-16,18H,2-3,6,17H2,1H3;6-13,15H,3-5,14H2,1-2H3. The SMILES string of the molecule is CCCCCOc1ccc(-c2cc(-c3ccc(C(=O)Sc4nc5ccccc5s4)cc3)no2)cc1.CCCCCOc1ccc(-c2cc(-c3ccc(C(=O)Sc4nnc(C)s4)cc3)no2)cc1. The summed E-state index contributed by atoms with van der Waals surface area (Å²) >= 11 is 5.18. The number of hydrogen-bond acceptors (Lipinski definition) is 15. The van der Waals surface area contributed by atoms with E-state index in [1.165, 1.54) is 48.4 Å². The molecule has 0 spiro atoms. The number of thiazole rings is 1. The number of ether oxygens (including phenoxy) is 2. The Hall–Kier alpha value is -6.39. The number of thioether (sulfide) groups is 2. The van der Waals surface area contributed by atoms with E-state index in [1.54, 1.807) is 12.1 Å². The van der Waals surface area contributed by atoms with Crippen LogP contribution in [0.1, 0.15) is 78.1 Å². The largest absolute Gasteiger partial charge is 0.494 e. The number of aryl methyl sites for hydroxylation is 1. The van der Waals surface area contributed by atoms with Crippen molar-refractivity contribution >= 4 is 66.6 Å². The van der Waals surface area contributed by atoms with E-state index in [9.17, 15) is 9.59 Å². The fraction of sp³-hybridized carbons (Fsp3) is 0.212. The van der Waals surface area contributed by atoms with E-state index in [-0.39, 0.29) is 10.2 Å². The molecule has 9 rings (SSSR count). The molecule has 9 aromatic rings. The number of nitrogens with zero attached hydrogens (tertiary/aromatic N) is 5. The van der Waals surface area contributed by atoms with Gasteiger partial charge in [0.15, 0.2) is 20.2 Å². The van der Waals surface area contributed by atoms with Crippen LogP contribution in [0.2, 0.25) is 0 Å². The predicted octanol–water partition coefficient (Wildman–Crippen LogP) is 14.8. The maximum absolute atomic E-state index is 12.7. The number of carbonyl (C=O) groups excluding carboxylic acids is 2. The molecular formula is C52H47N5O6S4. The number of fused-ring (bicyclic) bond motifs is 1. The summed E-state index contributed by atoms with van der Waals surface area (Å²) in [6.45, 7) is 7.69. The van der Waals surface area contributed by atoms with Gasteiger partial charge in [0.25, 0.3) is 0 Å². The van der Waals surface area contributed by atoms with Gasteiger partial charge in [0.2, 0.25) is 10.2 Å². The number of hydrogen-bond donors (Lipinski definition) is 0. The summed E-state index contributed by atoms with van der Waals surface area (Å²) in [5.74, 6) is 3.07. The van der Waals surface area contributed by atoms with Crippen LogP contribution >= 0.6 is 46.2 Å². The summed E-state index contributed by atoms with van der Waals surface area (Å²) in [7, 11) is 0. The Morgan fingerprint density at radius 3 is 1.49 bits per heavy atom. The third-order valence-electron chi connectivity index (χ3n) is 10.3. The normalized spacial score (nSPS) is 11.0. The predicted molar refractivity (Wildman–Crippen MR) is 269 cm³/mol. The smallest absolute Gasteiger partial charge is 0.226 e. The second-order valence-electron chi connectivity index (χ2n) is 15.3. The van der Waals surface area contributed by atoms with Gasteiger partial charge in [0.05, 0.1) is 23.4 Å². The zero-order chi connectivity index (χ0) is 46.4. The van der Waals surface area contributed by atoms with Crippen molar-refractivity contribution in [2.75, 3.05) is 13.2 Å². The van der Waals surface area contributed by atoms with Gasteiger partial charge in [-0.3, -0.25) is 9.59 Å². The minimum atomic E-state index is -0.0643. The highest BCUT2D eigenvalue weighted by atomic mass is 32.2. The zero-order valence-corrected chi connectivity index (χ0v) is 40.4. The fourth-order valence-electron chi connectivity index (χ4n) is 6.65. The van der Waals surface area contributed by atoms with Gasteiger partial charge in [-0.2, -0.15) is 0 Å². The second kappa shape index (κ2) is 23.4. The summed E-state index contributed by atoms with van der Waals surface area (Å²) in [4.78, 5) is 29.7. The molecule has 340 valence electrons. The molecule has 0 saturated heterocycles. The first-order chi connectivity index (χ1) is 32.8. The van der Waals surface area contributed by atoms with Crippen molar-refractivity contribution in [2.45, 2.75) is 68.0 Å². The van der Waals surface area contributed by atoms with Crippen LogP contribution in [0, 0.1) is 6.92 Å². The molecule has 0 bridgehead atoms. The van der Waals surface area contributed by atoms with E-state index in [0.29, 0.717) is 32.7 Å². The quantitative estimate of drug-likeness (QED) is 0.0595. The Labute approximate surface area is 405 Å². The van der Waals surface area contributed by atoms with E-state index < -0.39 is 0 Å². The first-order valence-electron chi connectivity index (χ1n) is 22.0. The minimum Gasteiger partial charge on any atom is -0.494 e. The molecule has 0 unspecified atom stereocenters. The van der Waals surface area contributed by atoms with Gasteiger partial charge in [0, 0.05) is 45.5 Å². The molecule has 0 aliphatic heterocycles. The average Bonchev–Trinajstić information content (AvgIpc) is 4.21. The van der Waals surface area contributed by atoms with Crippen molar-refractivity contribution in [3.05, 3.63) is 150 Å². The molecule has 4 heterocycles. The third kappa shape index (κ3) is 12.9. The first-order valence-corrected chi connectivity index (χ1v) is 25.3. The molecule has 15 heteroatoms. The molecule has 0 N–H and O–H groups in total. The van der Waals surface area contributed by atoms with Crippen LogP contribution in [-0.2, 0) is 0 Å². The number of rotatable bonds is 18. The van der Waals surface area contributed by atoms with Gasteiger partial charge in [-0.25, -0.2) is 4.98 Å². The number of carbonyl (C=O) groups is 2. The molecule has 0 fully saturated rings. The maximum Gasteiger partial charge on any atom is 0.226 e. The molecule has 5 aromatic carbocycles. The molecule has 67 heavy (non-hydrogen) atoms. The highest BCUT2D eigenvalue weighted by molar-refractivity contribution is 8.15. The van der Waals surface area contributed by atoms with Crippen molar-refractivity contribution in [1.82, 2.24) is 25.5 Å². The molecule has 4 aromatic heterocycles. The third-order valence-corrected chi connectivity index (χ3v) is 14.1. The lowest BCUT2D eigenvalue weighted by Gasteiger charge is -2.05. The fourth-order valence-corrected chi connectivity index (χ4v) is 10.2. The molecular weight excluding hydrogens is 919 g/mol. The van der Waals surface area contributed by atoms with E-state index in [0.717, 1.165) is 109 Å². The van der Waals surface area contributed by atoms with Crippen molar-refractivity contribution in [3.63, 3.8) is 0 Å². The van der Waals surface area contributed by atoms with E-state index in [1.807, 2.05) is 128 Å². The van der Waals surface area contributed by atoms with Crippen LogP contribution in [-0.4, -0.2) is 48.9 Å². The highest BCUT2D eigenvalue weighted by Crippen LogP contribution is 2.34. The van der Waals surface area contributed by atoms with Crippen LogP contribution in [0.25, 0.3) is 55.4 Å². The number of aromatic nitrogens is 5. The van der Waals surface area contributed by atoms with Gasteiger partial charge in [0.1, 0.15) is 27.9 Å². The molecule has 0 amide bonds. The lowest BCUT2D eigenvalue weighted by molar-refractivity contribution is 0.108. The minimum absolute atomic E-state index is 0.0338. The van der Waals surface area contributed by atoms with Gasteiger partial charge in [-0.05, 0) is 128 Å². The van der Waals surface area contributed by atoms with E-state index >= 15 is 0 Å². The van der Waals surface area contributed by atoms with Gasteiger partial charge >= 0.3 is 0 Å². The molecule has 0 saturated carbocycles. The van der Waals surface area contributed by atoms with Crippen LogP contribution in [0.4, 0.5) is 0 Å². The Morgan fingerprint density at radius 1 is 0.552 bits per heavy atom. The topological polar surface area (TPSA) is 143 Å². The van der Waals surface area contributed by atoms with Crippen LogP contribution < -0.4 is 9.47 Å². The highest BCUT2D eigenvalue weighted by Gasteiger charge is 2.16. The average molecular weight is 966 g/mol. The summed E-state index contributed by atoms with van der Waals surface area (Å²) in [5.41, 5.74) is 7.20. The molecule has 11 nitrogen and oxygen atoms in total. The number of benzene rings is 5. The van der Waals surface area contributed by atoms with Crippen LogP contribution in [0.3, 0.4) is 0 Å². The summed E-state index contributed by atoms with van der Waals surface area (Å²) in [5, 5.41) is 17.1. The van der Waals surface area contributed by atoms with E-state index in [2.05, 4.69) is 39.3 Å². The Bertz CT molecular complexity index is 2960. The Kier molecular flexibility index (Phi) is 16.4. The molecule has 0 radical (unpaired) electrons. The van der Waals surface area contributed by atoms with Crippen molar-refractivity contribution in [3.8, 4) is 56.7 Å². The lowest BCUT2D eigenvalue weighted by atomic mass is 10.1. The molecule has 0 aliphatic carbocycles. The maximum atomic E-state index is 12.7. The van der Waals surface area contributed by atoms with Gasteiger partial charge < -0.3 is 18.5 Å². The summed E-state index contributed by atoms with van der Waals surface area (Å²) in [6.07, 6.45) is 6.84. The molecule has 0 atom stereocenters. The Morgan fingerprint density at radius 2 is 1.03 bits per heavy atom. The second-order valence-corrected chi connectivity index (χ2v) is 19.9. The van der Waals surface area contributed by atoms with Crippen LogP contribution in [0.15, 0.2) is 151 Å². The van der Waals surface area contributed by atoms with Crippen LogP contribution in [0.5, 0.6) is 11.5 Å². The zero-order valence-electron chi connectivity index (χ0n) is 37.2. The lowest BCUT2D eigenvalue weighted by Crippen LogP contribution is -1.96. The summed E-state index contributed by atoms with van der Waals surface area (Å²) in [6, 6.07) is 42.1.